The van der Waals surface area contributed by atoms with Crippen LogP contribution in [0.3, 0.4) is 0 Å². The summed E-state index contributed by atoms with van der Waals surface area (Å²) in [5.74, 6) is 1.27. The summed E-state index contributed by atoms with van der Waals surface area (Å²) in [6.45, 7) is 10.1. The van der Waals surface area contributed by atoms with Crippen LogP contribution in [0.1, 0.15) is 46.8 Å². The molecule has 0 saturated carbocycles. The Hall–Kier alpha value is -2.89. The van der Waals surface area contributed by atoms with Crippen molar-refractivity contribution in [2.24, 2.45) is 5.92 Å². The van der Waals surface area contributed by atoms with Gasteiger partial charge in [0.2, 0.25) is 5.91 Å². The van der Waals surface area contributed by atoms with Crippen LogP contribution in [0.5, 0.6) is 0 Å². The number of amides is 2. The highest BCUT2D eigenvalue weighted by molar-refractivity contribution is 5.96. The molecule has 3 rings (SSSR count). The topological polar surface area (TPSA) is 65.5 Å². The zero-order valence-corrected chi connectivity index (χ0v) is 18.7. The van der Waals surface area contributed by atoms with Gasteiger partial charge in [-0.15, -0.1) is 0 Å². The molecule has 30 heavy (non-hydrogen) atoms. The quantitative estimate of drug-likeness (QED) is 0.813. The molecule has 2 heterocycles. The number of benzene rings is 1. The third kappa shape index (κ3) is 5.17. The van der Waals surface area contributed by atoms with Crippen LogP contribution in [-0.2, 0) is 4.79 Å². The number of aromatic nitrogens is 1. The van der Waals surface area contributed by atoms with E-state index >= 15 is 0 Å². The number of carbonyl (C=O) groups excluding carboxylic acids is 2. The lowest BCUT2D eigenvalue weighted by Gasteiger charge is -2.30. The summed E-state index contributed by atoms with van der Waals surface area (Å²) in [6.07, 6.45) is 3.71. The molecule has 0 radical (unpaired) electrons. The number of nitrogens with zero attached hydrogens (tertiary/aromatic N) is 3. The molecule has 1 saturated heterocycles. The Kier molecular flexibility index (Phi) is 6.75. The van der Waals surface area contributed by atoms with Crippen LogP contribution in [0, 0.1) is 26.7 Å². The fraction of sp³-hybridized carbons (Fsp3) is 0.458. The number of nitrogens with one attached hydrogen (secondary N) is 1. The fourth-order valence-electron chi connectivity index (χ4n) is 3.99. The molecule has 0 atom stereocenters. The Morgan fingerprint density at radius 3 is 2.33 bits per heavy atom. The van der Waals surface area contributed by atoms with Crippen molar-refractivity contribution in [1.82, 2.24) is 9.88 Å². The van der Waals surface area contributed by atoms with Crippen molar-refractivity contribution in [1.29, 1.82) is 0 Å². The summed E-state index contributed by atoms with van der Waals surface area (Å²) in [5.41, 5.74) is 4.74. The Balaban J connectivity index is 1.60. The summed E-state index contributed by atoms with van der Waals surface area (Å²) in [6, 6.07) is 7.72. The van der Waals surface area contributed by atoms with Gasteiger partial charge in [0, 0.05) is 32.0 Å². The Morgan fingerprint density at radius 2 is 1.77 bits per heavy atom. The molecule has 2 amide bonds. The first-order chi connectivity index (χ1) is 14.2. The van der Waals surface area contributed by atoms with Gasteiger partial charge in [0.25, 0.3) is 5.91 Å². The minimum atomic E-state index is -0.100. The van der Waals surface area contributed by atoms with E-state index < -0.39 is 0 Å². The van der Waals surface area contributed by atoms with Crippen molar-refractivity contribution < 1.29 is 9.59 Å². The maximum absolute atomic E-state index is 12.7. The van der Waals surface area contributed by atoms with Gasteiger partial charge in [0.05, 0.1) is 12.1 Å². The Labute approximate surface area is 179 Å². The van der Waals surface area contributed by atoms with Gasteiger partial charge in [-0.2, -0.15) is 0 Å². The van der Waals surface area contributed by atoms with E-state index in [4.69, 9.17) is 0 Å². The standard InChI is InChI=1S/C24H32N4O2/c1-16-8-10-28(11-9-16)24(30)20-6-7-21(25-14-20)27(5)15-22(29)26-23-18(3)12-17(2)13-19(23)4/h6-7,12-14,16H,8-11,15H2,1-5H3,(H,26,29). The molecule has 1 aromatic heterocycles. The lowest BCUT2D eigenvalue weighted by Crippen LogP contribution is -2.38. The van der Waals surface area contributed by atoms with E-state index in [1.807, 2.05) is 32.7 Å². The highest BCUT2D eigenvalue weighted by atomic mass is 16.2. The van der Waals surface area contributed by atoms with Crippen LogP contribution in [0.4, 0.5) is 11.5 Å². The summed E-state index contributed by atoms with van der Waals surface area (Å²) in [5, 5.41) is 3.01. The van der Waals surface area contributed by atoms with Crippen molar-refractivity contribution in [2.45, 2.75) is 40.5 Å². The average molecular weight is 409 g/mol. The number of rotatable bonds is 5. The molecular formula is C24H32N4O2. The van der Waals surface area contributed by atoms with E-state index in [0.717, 1.165) is 42.7 Å². The van der Waals surface area contributed by atoms with Gasteiger partial charge in [-0.3, -0.25) is 9.59 Å². The van der Waals surface area contributed by atoms with Gasteiger partial charge in [0.15, 0.2) is 0 Å². The van der Waals surface area contributed by atoms with E-state index in [1.165, 1.54) is 5.56 Å². The zero-order chi connectivity index (χ0) is 21.8. The van der Waals surface area contributed by atoms with E-state index in [-0.39, 0.29) is 18.4 Å². The SMILES string of the molecule is Cc1cc(C)c(NC(=O)CN(C)c2ccc(C(=O)N3CCC(C)CC3)cn2)c(C)c1. The first kappa shape index (κ1) is 21.8. The molecule has 0 spiro atoms. The van der Waals surface area contributed by atoms with Crippen LogP contribution in [0.25, 0.3) is 0 Å². The van der Waals surface area contributed by atoms with Gasteiger partial charge in [0.1, 0.15) is 5.82 Å². The molecule has 6 heteroatoms. The number of hydrogen-bond acceptors (Lipinski definition) is 4. The number of anilines is 2. The largest absolute Gasteiger partial charge is 0.350 e. The van der Waals surface area contributed by atoms with Crippen LogP contribution in [0.15, 0.2) is 30.5 Å². The second-order valence-electron chi connectivity index (χ2n) is 8.56. The third-order valence-corrected chi connectivity index (χ3v) is 5.78. The first-order valence-corrected chi connectivity index (χ1v) is 10.6. The Morgan fingerprint density at radius 1 is 1.13 bits per heavy atom. The number of carbonyl (C=O) groups is 2. The number of pyridine rings is 1. The summed E-state index contributed by atoms with van der Waals surface area (Å²) < 4.78 is 0. The van der Waals surface area contributed by atoms with Gasteiger partial charge in [-0.25, -0.2) is 4.98 Å². The smallest absolute Gasteiger partial charge is 0.255 e. The molecule has 0 bridgehead atoms. The first-order valence-electron chi connectivity index (χ1n) is 10.6. The monoisotopic (exact) mass is 408 g/mol. The summed E-state index contributed by atoms with van der Waals surface area (Å²) >= 11 is 0. The molecule has 1 N–H and O–H groups in total. The number of aryl methyl sites for hydroxylation is 3. The second-order valence-corrected chi connectivity index (χ2v) is 8.56. The maximum Gasteiger partial charge on any atom is 0.255 e. The molecule has 6 nitrogen and oxygen atoms in total. The van der Waals surface area contributed by atoms with Crippen molar-refractivity contribution in [3.8, 4) is 0 Å². The Bertz CT molecular complexity index is 892. The minimum absolute atomic E-state index is 0.0340. The van der Waals surface area contributed by atoms with Crippen molar-refractivity contribution in [3.05, 3.63) is 52.7 Å². The fourth-order valence-corrected chi connectivity index (χ4v) is 3.99. The third-order valence-electron chi connectivity index (χ3n) is 5.78. The molecule has 2 aromatic rings. The normalized spacial score (nSPS) is 14.5. The van der Waals surface area contributed by atoms with E-state index in [1.54, 1.807) is 23.2 Å². The second kappa shape index (κ2) is 9.28. The number of likely N-dealkylation sites (tertiary alicyclic amines) is 1. The van der Waals surface area contributed by atoms with E-state index in [9.17, 15) is 9.59 Å². The molecular weight excluding hydrogens is 376 g/mol. The van der Waals surface area contributed by atoms with Gasteiger partial charge in [-0.1, -0.05) is 24.6 Å². The highest BCUT2D eigenvalue weighted by Crippen LogP contribution is 2.22. The van der Waals surface area contributed by atoms with Gasteiger partial charge in [-0.05, 0) is 62.8 Å². The molecule has 0 aliphatic carbocycles. The summed E-state index contributed by atoms with van der Waals surface area (Å²) in [4.78, 5) is 33.3. The molecule has 160 valence electrons. The molecule has 1 aliphatic heterocycles. The molecule has 0 unspecified atom stereocenters. The van der Waals surface area contributed by atoms with Crippen LogP contribution >= 0.6 is 0 Å². The maximum atomic E-state index is 12.7. The van der Waals surface area contributed by atoms with Crippen LogP contribution < -0.4 is 10.2 Å². The predicted molar refractivity (Wildman–Crippen MR) is 121 cm³/mol. The minimum Gasteiger partial charge on any atom is -0.350 e. The summed E-state index contributed by atoms with van der Waals surface area (Å²) in [7, 11) is 1.82. The highest BCUT2D eigenvalue weighted by Gasteiger charge is 2.22. The van der Waals surface area contributed by atoms with Gasteiger partial charge >= 0.3 is 0 Å². The van der Waals surface area contributed by atoms with Crippen molar-refractivity contribution in [2.75, 3.05) is 36.9 Å². The van der Waals surface area contributed by atoms with Crippen LogP contribution in [-0.4, -0.2) is 48.4 Å². The molecule has 1 fully saturated rings. The predicted octanol–water partition coefficient (Wildman–Crippen LogP) is 3.95. The zero-order valence-electron chi connectivity index (χ0n) is 18.7. The van der Waals surface area contributed by atoms with Crippen LogP contribution in [0.2, 0.25) is 0 Å². The number of piperidine rings is 1. The van der Waals surface area contributed by atoms with E-state index in [0.29, 0.717) is 17.3 Å². The van der Waals surface area contributed by atoms with Crippen molar-refractivity contribution >= 4 is 23.3 Å². The van der Waals surface area contributed by atoms with Gasteiger partial charge < -0.3 is 15.1 Å². The number of hydrogen-bond donors (Lipinski definition) is 1. The average Bonchev–Trinajstić information content (AvgIpc) is 2.71. The van der Waals surface area contributed by atoms with Crippen molar-refractivity contribution in [3.63, 3.8) is 0 Å². The lowest BCUT2D eigenvalue weighted by molar-refractivity contribution is -0.114. The molecule has 1 aliphatic rings. The number of likely N-dealkylation sites (N-methyl/N-ethyl adjacent to an activating group) is 1. The lowest BCUT2D eigenvalue weighted by atomic mass is 9.99. The van der Waals surface area contributed by atoms with E-state index in [2.05, 4.69) is 29.4 Å². The molecule has 1 aromatic carbocycles.